The lowest BCUT2D eigenvalue weighted by Crippen LogP contribution is -2.44. The Hall–Kier alpha value is -3.11. The Morgan fingerprint density at radius 3 is 2.36 bits per heavy atom. The fourth-order valence-corrected chi connectivity index (χ4v) is 2.35. The van der Waals surface area contributed by atoms with Gasteiger partial charge < -0.3 is 19.6 Å². The van der Waals surface area contributed by atoms with Gasteiger partial charge in [0.1, 0.15) is 6.54 Å². The summed E-state index contributed by atoms with van der Waals surface area (Å²) in [5.41, 5.74) is 1.11. The van der Waals surface area contributed by atoms with E-state index in [1.54, 1.807) is 31.2 Å². The molecule has 0 aliphatic rings. The normalized spacial score (nSPS) is 11.2. The summed E-state index contributed by atoms with van der Waals surface area (Å²) in [6.07, 6.45) is -4.70. The lowest BCUT2D eigenvalue weighted by Gasteiger charge is -2.27. The van der Waals surface area contributed by atoms with Gasteiger partial charge in [0.05, 0.1) is 0 Å². The lowest BCUT2D eigenvalue weighted by molar-refractivity contribution is -0.159. The Labute approximate surface area is 159 Å². The van der Waals surface area contributed by atoms with E-state index in [2.05, 4.69) is 20.0 Å². The summed E-state index contributed by atoms with van der Waals surface area (Å²) in [5.74, 6) is -1.87. The third-order valence-corrected chi connectivity index (χ3v) is 3.89. The van der Waals surface area contributed by atoms with Gasteiger partial charge in [-0.05, 0) is 12.5 Å². The van der Waals surface area contributed by atoms with Gasteiger partial charge in [-0.25, -0.2) is 4.79 Å². The van der Waals surface area contributed by atoms with Crippen LogP contribution in [0.4, 0.5) is 18.0 Å². The number of rotatable bonds is 6. The molecule has 0 spiro atoms. The van der Waals surface area contributed by atoms with Crippen molar-refractivity contribution in [1.29, 1.82) is 0 Å². The van der Waals surface area contributed by atoms with Gasteiger partial charge in [0, 0.05) is 32.7 Å². The maximum atomic E-state index is 12.5. The van der Waals surface area contributed by atoms with Gasteiger partial charge in [-0.2, -0.15) is 18.2 Å². The standard InChI is InChI=1S/C17H20F3N5O3/c1-4-25(16(27)24(3)10-13(26)21-2)9-11-5-7-12(8-6-11)14-22-15(28-23-14)17(18,19)20/h5-8H,4,9-10H2,1-3H3,(H,21,26). The second-order valence-electron chi connectivity index (χ2n) is 5.94. The molecule has 11 heteroatoms. The number of aromatic nitrogens is 2. The molecule has 1 aromatic carbocycles. The van der Waals surface area contributed by atoms with Crippen LogP contribution in [0.3, 0.4) is 0 Å². The Kier molecular flexibility index (Phi) is 6.60. The van der Waals surface area contributed by atoms with E-state index in [1.165, 1.54) is 23.9 Å². The molecular formula is C17H20F3N5O3. The van der Waals surface area contributed by atoms with E-state index in [1.807, 2.05) is 0 Å². The third-order valence-electron chi connectivity index (χ3n) is 3.89. The number of hydrogen-bond acceptors (Lipinski definition) is 5. The highest BCUT2D eigenvalue weighted by molar-refractivity contribution is 5.83. The Balaban J connectivity index is 2.07. The van der Waals surface area contributed by atoms with Gasteiger partial charge >= 0.3 is 18.1 Å². The smallest absolute Gasteiger partial charge is 0.358 e. The van der Waals surface area contributed by atoms with E-state index in [4.69, 9.17) is 0 Å². The molecule has 152 valence electrons. The number of carbonyl (C=O) groups excluding carboxylic acids is 2. The summed E-state index contributed by atoms with van der Waals surface area (Å²) in [5, 5.41) is 5.78. The number of nitrogens with zero attached hydrogens (tertiary/aromatic N) is 4. The number of halogens is 3. The van der Waals surface area contributed by atoms with Crippen LogP contribution in [-0.2, 0) is 17.5 Å². The summed E-state index contributed by atoms with van der Waals surface area (Å²) in [7, 11) is 3.01. The number of amides is 3. The molecule has 28 heavy (non-hydrogen) atoms. The second kappa shape index (κ2) is 8.72. The first-order valence-electron chi connectivity index (χ1n) is 8.36. The van der Waals surface area contributed by atoms with Crippen LogP contribution >= 0.6 is 0 Å². The molecule has 2 rings (SSSR count). The molecule has 1 aromatic heterocycles. The molecule has 0 fully saturated rings. The molecule has 8 nitrogen and oxygen atoms in total. The molecule has 1 N–H and O–H groups in total. The van der Waals surface area contributed by atoms with Crippen molar-refractivity contribution < 1.29 is 27.3 Å². The van der Waals surface area contributed by atoms with Crippen LogP contribution in [0, 0.1) is 0 Å². The van der Waals surface area contributed by atoms with Crippen molar-refractivity contribution in [1.82, 2.24) is 25.3 Å². The molecule has 1 heterocycles. The number of carbonyl (C=O) groups is 2. The molecule has 0 saturated heterocycles. The molecule has 0 aliphatic carbocycles. The van der Waals surface area contributed by atoms with Crippen molar-refractivity contribution >= 4 is 11.9 Å². The molecule has 3 amide bonds. The summed E-state index contributed by atoms with van der Waals surface area (Å²) in [6, 6.07) is 6.10. The van der Waals surface area contributed by atoms with E-state index < -0.39 is 12.1 Å². The molecule has 2 aromatic rings. The van der Waals surface area contributed by atoms with E-state index in [-0.39, 0.29) is 30.9 Å². The highest BCUT2D eigenvalue weighted by Gasteiger charge is 2.38. The number of hydrogen-bond donors (Lipinski definition) is 1. The highest BCUT2D eigenvalue weighted by Crippen LogP contribution is 2.29. The van der Waals surface area contributed by atoms with Crippen molar-refractivity contribution in [3.8, 4) is 11.4 Å². The lowest BCUT2D eigenvalue weighted by atomic mass is 10.1. The van der Waals surface area contributed by atoms with Crippen LogP contribution in [0.15, 0.2) is 28.8 Å². The van der Waals surface area contributed by atoms with Gasteiger partial charge in [0.15, 0.2) is 0 Å². The maximum absolute atomic E-state index is 12.5. The monoisotopic (exact) mass is 399 g/mol. The molecule has 0 atom stereocenters. The first-order chi connectivity index (χ1) is 13.2. The fourth-order valence-electron chi connectivity index (χ4n) is 2.35. The van der Waals surface area contributed by atoms with E-state index >= 15 is 0 Å². The number of benzene rings is 1. The Bertz CT molecular complexity index is 820. The van der Waals surface area contributed by atoms with Gasteiger partial charge in [-0.15, -0.1) is 0 Å². The Morgan fingerprint density at radius 1 is 1.21 bits per heavy atom. The summed E-state index contributed by atoms with van der Waals surface area (Å²) < 4.78 is 41.8. The molecule has 0 bridgehead atoms. The van der Waals surface area contributed by atoms with Crippen LogP contribution < -0.4 is 5.32 Å². The average molecular weight is 399 g/mol. The van der Waals surface area contributed by atoms with E-state index in [0.29, 0.717) is 12.1 Å². The van der Waals surface area contributed by atoms with Crippen LogP contribution in [0.25, 0.3) is 11.4 Å². The van der Waals surface area contributed by atoms with Crippen LogP contribution in [0.2, 0.25) is 0 Å². The molecule has 0 unspecified atom stereocenters. The molecule has 0 aliphatic heterocycles. The second-order valence-corrected chi connectivity index (χ2v) is 5.94. The van der Waals surface area contributed by atoms with E-state index in [9.17, 15) is 22.8 Å². The molecule has 0 saturated carbocycles. The minimum Gasteiger partial charge on any atom is -0.358 e. The topological polar surface area (TPSA) is 91.6 Å². The first-order valence-corrected chi connectivity index (χ1v) is 8.36. The van der Waals surface area contributed by atoms with Gasteiger partial charge in [-0.3, -0.25) is 4.79 Å². The van der Waals surface area contributed by atoms with E-state index in [0.717, 1.165) is 5.56 Å². The quantitative estimate of drug-likeness (QED) is 0.805. The zero-order chi connectivity index (χ0) is 20.9. The van der Waals surface area contributed by atoms with Gasteiger partial charge in [0.2, 0.25) is 11.7 Å². The highest BCUT2D eigenvalue weighted by atomic mass is 19.4. The summed E-state index contributed by atoms with van der Waals surface area (Å²) >= 11 is 0. The maximum Gasteiger partial charge on any atom is 0.471 e. The third kappa shape index (κ3) is 5.21. The van der Waals surface area contributed by atoms with Crippen LogP contribution in [0.1, 0.15) is 18.4 Å². The first kappa shape index (κ1) is 21.2. The number of urea groups is 1. The number of alkyl halides is 3. The average Bonchev–Trinajstić information content (AvgIpc) is 3.16. The minimum absolute atomic E-state index is 0.0653. The van der Waals surface area contributed by atoms with Crippen LogP contribution in [0.5, 0.6) is 0 Å². The zero-order valence-electron chi connectivity index (χ0n) is 15.6. The van der Waals surface area contributed by atoms with Crippen molar-refractivity contribution in [2.45, 2.75) is 19.6 Å². The van der Waals surface area contributed by atoms with Crippen LogP contribution in [-0.4, -0.2) is 59.1 Å². The molecule has 0 radical (unpaired) electrons. The largest absolute Gasteiger partial charge is 0.471 e. The van der Waals surface area contributed by atoms with Crippen molar-refractivity contribution in [3.63, 3.8) is 0 Å². The van der Waals surface area contributed by atoms with Crippen molar-refractivity contribution in [2.75, 3.05) is 27.2 Å². The zero-order valence-corrected chi connectivity index (χ0v) is 15.6. The predicted molar refractivity (Wildman–Crippen MR) is 92.9 cm³/mol. The fraction of sp³-hybridized carbons (Fsp3) is 0.412. The van der Waals surface area contributed by atoms with Gasteiger partial charge in [0.25, 0.3) is 0 Å². The number of likely N-dealkylation sites (N-methyl/N-ethyl adjacent to an activating group) is 2. The van der Waals surface area contributed by atoms with Gasteiger partial charge in [-0.1, -0.05) is 29.4 Å². The Morgan fingerprint density at radius 2 is 1.86 bits per heavy atom. The molecular weight excluding hydrogens is 379 g/mol. The van der Waals surface area contributed by atoms with Crippen molar-refractivity contribution in [3.05, 3.63) is 35.7 Å². The van der Waals surface area contributed by atoms with Crippen molar-refractivity contribution in [2.24, 2.45) is 0 Å². The number of nitrogens with one attached hydrogen (secondary N) is 1. The SMILES string of the molecule is CCN(Cc1ccc(-c2noc(C(F)(F)F)n2)cc1)C(=O)N(C)CC(=O)NC. The minimum atomic E-state index is -4.70. The summed E-state index contributed by atoms with van der Waals surface area (Å²) in [6.45, 7) is 2.42. The predicted octanol–water partition coefficient (Wildman–Crippen LogP) is 2.38. The summed E-state index contributed by atoms with van der Waals surface area (Å²) in [4.78, 5) is 30.0.